The molecule has 0 unspecified atom stereocenters. The molecule has 82 valence electrons. The van der Waals surface area contributed by atoms with Crippen molar-refractivity contribution in [1.82, 2.24) is 0 Å². The van der Waals surface area contributed by atoms with E-state index in [0.717, 1.165) is 0 Å². The van der Waals surface area contributed by atoms with Crippen molar-refractivity contribution < 1.29 is 22.4 Å². The molecule has 0 amide bonds. The summed E-state index contributed by atoms with van der Waals surface area (Å²) in [5, 5.41) is 0. The molecule has 0 spiro atoms. The second-order valence-electron chi connectivity index (χ2n) is 3.15. The number of Topliss-reactive ketones (excluding diaryl/α,β-unsaturated/α-hetero) is 1. The minimum absolute atomic E-state index is 0.141. The summed E-state index contributed by atoms with van der Waals surface area (Å²) in [6.07, 6.45) is -0.502. The van der Waals surface area contributed by atoms with Crippen LogP contribution in [0, 0.1) is 23.3 Å². The number of benzene rings is 1. The van der Waals surface area contributed by atoms with Gasteiger partial charge in [-0.2, -0.15) is 0 Å². The van der Waals surface area contributed by atoms with Crippen LogP contribution in [0.3, 0.4) is 0 Å². The lowest BCUT2D eigenvalue weighted by molar-refractivity contribution is -0.116. The quantitative estimate of drug-likeness (QED) is 0.565. The average Bonchev–Trinajstić information content (AvgIpc) is 2.14. The van der Waals surface area contributed by atoms with Gasteiger partial charge in [0.15, 0.2) is 23.3 Å². The van der Waals surface area contributed by atoms with Crippen LogP contribution in [-0.4, -0.2) is 5.78 Å². The zero-order chi connectivity index (χ0) is 11.6. The van der Waals surface area contributed by atoms with Crippen LogP contribution >= 0.6 is 0 Å². The fourth-order valence-corrected chi connectivity index (χ4v) is 1.14. The highest BCUT2D eigenvalue weighted by atomic mass is 19.2. The van der Waals surface area contributed by atoms with E-state index in [1.807, 2.05) is 0 Å². The standard InChI is InChI=1S/C10H8F4O/c1-5(15)2-3-6-9(13)7(11)4-8(12)10(6)14/h4H,2-3H2,1H3. The molecule has 15 heavy (non-hydrogen) atoms. The van der Waals surface area contributed by atoms with E-state index in [0.29, 0.717) is 0 Å². The van der Waals surface area contributed by atoms with Crippen molar-refractivity contribution in [1.29, 1.82) is 0 Å². The summed E-state index contributed by atoms with van der Waals surface area (Å²) in [5.41, 5.74) is -0.720. The smallest absolute Gasteiger partial charge is 0.165 e. The topological polar surface area (TPSA) is 17.1 Å². The van der Waals surface area contributed by atoms with Crippen LogP contribution in [0.25, 0.3) is 0 Å². The van der Waals surface area contributed by atoms with E-state index in [-0.39, 0.29) is 24.7 Å². The number of hydrogen-bond acceptors (Lipinski definition) is 1. The Kier molecular flexibility index (Phi) is 3.44. The summed E-state index contributed by atoms with van der Waals surface area (Å²) in [4.78, 5) is 10.6. The van der Waals surface area contributed by atoms with Gasteiger partial charge in [-0.25, -0.2) is 17.6 Å². The molecule has 0 N–H and O–H groups in total. The molecule has 0 fully saturated rings. The monoisotopic (exact) mass is 220 g/mol. The van der Waals surface area contributed by atoms with E-state index in [1.165, 1.54) is 6.92 Å². The molecule has 0 aliphatic heterocycles. The second-order valence-corrected chi connectivity index (χ2v) is 3.15. The van der Waals surface area contributed by atoms with Crippen molar-refractivity contribution in [3.8, 4) is 0 Å². The molecule has 0 atom stereocenters. The van der Waals surface area contributed by atoms with Crippen LogP contribution in [0.15, 0.2) is 6.07 Å². The fourth-order valence-electron chi connectivity index (χ4n) is 1.14. The van der Waals surface area contributed by atoms with E-state index in [2.05, 4.69) is 0 Å². The van der Waals surface area contributed by atoms with Gasteiger partial charge >= 0.3 is 0 Å². The van der Waals surface area contributed by atoms with Crippen molar-refractivity contribution in [2.24, 2.45) is 0 Å². The van der Waals surface area contributed by atoms with Crippen molar-refractivity contribution >= 4 is 5.78 Å². The van der Waals surface area contributed by atoms with E-state index >= 15 is 0 Å². The molecule has 0 saturated carbocycles. The molecule has 1 aromatic carbocycles. The minimum atomic E-state index is -1.45. The van der Waals surface area contributed by atoms with Gasteiger partial charge in [0.25, 0.3) is 0 Å². The molecule has 0 saturated heterocycles. The molecule has 0 aromatic heterocycles. The van der Waals surface area contributed by atoms with Gasteiger partial charge in [-0.3, -0.25) is 0 Å². The third-order valence-electron chi connectivity index (χ3n) is 1.93. The molecule has 0 aliphatic carbocycles. The maximum absolute atomic E-state index is 13.0. The van der Waals surface area contributed by atoms with Crippen LogP contribution in [0.2, 0.25) is 0 Å². The summed E-state index contributed by atoms with van der Waals surface area (Å²) in [5.74, 6) is -6.08. The van der Waals surface area contributed by atoms with Gasteiger partial charge in [0.1, 0.15) is 5.78 Å². The number of rotatable bonds is 3. The van der Waals surface area contributed by atoms with Crippen LogP contribution in [0.4, 0.5) is 17.6 Å². The van der Waals surface area contributed by atoms with Gasteiger partial charge in [0.05, 0.1) is 0 Å². The van der Waals surface area contributed by atoms with Gasteiger partial charge in [-0.15, -0.1) is 0 Å². The molecule has 0 radical (unpaired) electrons. The summed E-state index contributed by atoms with van der Waals surface area (Å²) in [6, 6.07) is 0.141. The number of halogens is 4. The Morgan fingerprint density at radius 3 is 2.00 bits per heavy atom. The number of ketones is 1. The lowest BCUT2D eigenvalue weighted by Gasteiger charge is -2.05. The molecule has 5 heteroatoms. The first-order chi connectivity index (χ1) is 6.93. The van der Waals surface area contributed by atoms with E-state index in [1.54, 1.807) is 0 Å². The van der Waals surface area contributed by atoms with Crippen LogP contribution < -0.4 is 0 Å². The second kappa shape index (κ2) is 4.42. The van der Waals surface area contributed by atoms with Crippen LogP contribution in [0.5, 0.6) is 0 Å². The molecule has 1 rings (SSSR count). The zero-order valence-electron chi connectivity index (χ0n) is 7.91. The van der Waals surface area contributed by atoms with Crippen molar-refractivity contribution in [2.75, 3.05) is 0 Å². The first-order valence-electron chi connectivity index (χ1n) is 4.24. The Bertz CT molecular complexity index is 375. The van der Waals surface area contributed by atoms with E-state index in [9.17, 15) is 22.4 Å². The van der Waals surface area contributed by atoms with Gasteiger partial charge in [-0.1, -0.05) is 0 Å². The largest absolute Gasteiger partial charge is 0.300 e. The van der Waals surface area contributed by atoms with Gasteiger partial charge in [-0.05, 0) is 13.3 Å². The third kappa shape index (κ3) is 2.55. The van der Waals surface area contributed by atoms with E-state index in [4.69, 9.17) is 0 Å². The Hall–Kier alpha value is -1.39. The maximum atomic E-state index is 13.0. The Morgan fingerprint density at radius 1 is 1.13 bits per heavy atom. The predicted molar refractivity (Wildman–Crippen MR) is 45.3 cm³/mol. The SMILES string of the molecule is CC(=O)CCc1c(F)c(F)cc(F)c1F. The Balaban J connectivity index is 3.09. The summed E-state index contributed by atoms with van der Waals surface area (Å²) in [6.45, 7) is 1.23. The summed E-state index contributed by atoms with van der Waals surface area (Å²) < 4.78 is 51.4. The average molecular weight is 220 g/mol. The first-order valence-corrected chi connectivity index (χ1v) is 4.24. The van der Waals surface area contributed by atoms with Crippen molar-refractivity contribution in [3.05, 3.63) is 34.9 Å². The van der Waals surface area contributed by atoms with Crippen molar-refractivity contribution in [3.63, 3.8) is 0 Å². The number of carbonyl (C=O) groups is 1. The predicted octanol–water partition coefficient (Wildman–Crippen LogP) is 2.76. The Morgan fingerprint density at radius 2 is 1.60 bits per heavy atom. The molecular formula is C10H8F4O. The highest BCUT2D eigenvalue weighted by molar-refractivity contribution is 5.75. The molecule has 1 nitrogen and oxygen atoms in total. The minimum Gasteiger partial charge on any atom is -0.300 e. The summed E-state index contributed by atoms with van der Waals surface area (Å²) >= 11 is 0. The summed E-state index contributed by atoms with van der Waals surface area (Å²) in [7, 11) is 0. The highest BCUT2D eigenvalue weighted by Crippen LogP contribution is 2.20. The van der Waals surface area contributed by atoms with Crippen molar-refractivity contribution in [2.45, 2.75) is 19.8 Å². The lowest BCUT2D eigenvalue weighted by Crippen LogP contribution is -2.04. The highest BCUT2D eigenvalue weighted by Gasteiger charge is 2.18. The van der Waals surface area contributed by atoms with Crippen LogP contribution in [-0.2, 0) is 11.2 Å². The lowest BCUT2D eigenvalue weighted by atomic mass is 10.1. The first kappa shape index (κ1) is 11.7. The maximum Gasteiger partial charge on any atom is 0.165 e. The number of carbonyl (C=O) groups excluding carboxylic acids is 1. The Labute approximate surface area is 83.7 Å². The molecule has 1 aromatic rings. The fraction of sp³-hybridized carbons (Fsp3) is 0.300. The third-order valence-corrected chi connectivity index (χ3v) is 1.93. The van der Waals surface area contributed by atoms with Gasteiger partial charge in [0.2, 0.25) is 0 Å². The molecule has 0 heterocycles. The zero-order valence-corrected chi connectivity index (χ0v) is 7.91. The molecule has 0 aliphatic rings. The van der Waals surface area contributed by atoms with E-state index < -0.39 is 28.8 Å². The molecular weight excluding hydrogens is 212 g/mol. The normalized spacial score (nSPS) is 10.5. The van der Waals surface area contributed by atoms with Gasteiger partial charge < -0.3 is 4.79 Å². The molecule has 0 bridgehead atoms. The van der Waals surface area contributed by atoms with Crippen LogP contribution in [0.1, 0.15) is 18.9 Å². The van der Waals surface area contributed by atoms with Gasteiger partial charge in [0, 0.05) is 18.1 Å². The number of hydrogen-bond donors (Lipinski definition) is 0.